The zero-order chi connectivity index (χ0) is 15.5. The van der Waals surface area contributed by atoms with Crippen LogP contribution >= 0.6 is 0 Å². The molecule has 0 saturated carbocycles. The summed E-state index contributed by atoms with van der Waals surface area (Å²) in [7, 11) is 3.59. The molecule has 3 rings (SSSR count). The van der Waals surface area contributed by atoms with Gasteiger partial charge in [-0.3, -0.25) is 9.80 Å². The molecule has 0 radical (unpaired) electrons. The van der Waals surface area contributed by atoms with Gasteiger partial charge in [0.1, 0.15) is 5.82 Å². The van der Waals surface area contributed by atoms with Gasteiger partial charge in [-0.25, -0.2) is 4.98 Å². The highest BCUT2D eigenvalue weighted by Gasteiger charge is 2.09. The Labute approximate surface area is 127 Å². The van der Waals surface area contributed by atoms with Crippen LogP contribution in [0.4, 0.5) is 5.69 Å². The minimum atomic E-state index is -0.167. The Morgan fingerprint density at radius 3 is 2.59 bits per heavy atom. The van der Waals surface area contributed by atoms with Crippen molar-refractivity contribution in [3.63, 3.8) is 0 Å². The fraction of sp³-hybridized carbons (Fsp3) is 0.125. The van der Waals surface area contributed by atoms with Gasteiger partial charge in [-0.2, -0.15) is 0 Å². The molecule has 3 aromatic rings. The molecule has 0 amide bonds. The lowest BCUT2D eigenvalue weighted by molar-refractivity contribution is 0.408. The second-order valence-electron chi connectivity index (χ2n) is 4.99. The maximum absolute atomic E-state index is 12.2. The van der Waals surface area contributed by atoms with Crippen LogP contribution in [0.3, 0.4) is 0 Å². The van der Waals surface area contributed by atoms with Crippen molar-refractivity contribution in [2.24, 2.45) is 10.3 Å². The summed E-state index contributed by atoms with van der Waals surface area (Å²) in [5.41, 5.74) is 1.87. The van der Waals surface area contributed by atoms with Crippen molar-refractivity contribution < 1.29 is 0 Å². The topological polar surface area (TPSA) is 73.7 Å². The Morgan fingerprint density at radius 2 is 1.77 bits per heavy atom. The van der Waals surface area contributed by atoms with Gasteiger partial charge in [-0.05, 0) is 24.3 Å². The highest BCUT2D eigenvalue weighted by molar-refractivity contribution is 5.81. The van der Waals surface area contributed by atoms with E-state index in [9.17, 15) is 4.79 Å². The van der Waals surface area contributed by atoms with Crippen LogP contribution in [0.25, 0.3) is 22.3 Å². The number of nitrogens with zero attached hydrogens (tertiary/aromatic N) is 4. The predicted octanol–water partition coefficient (Wildman–Crippen LogP) is 3.15. The van der Waals surface area contributed by atoms with E-state index in [-0.39, 0.29) is 5.56 Å². The Hall–Kier alpha value is -3.02. The van der Waals surface area contributed by atoms with Gasteiger partial charge in [0.15, 0.2) is 0 Å². The molecule has 0 spiro atoms. The molecule has 6 nitrogen and oxygen atoms in total. The molecule has 0 unspecified atom stereocenters. The van der Waals surface area contributed by atoms with E-state index in [4.69, 9.17) is 0 Å². The number of fused-ring (bicyclic) bond motifs is 1. The molecular weight excluding hydrogens is 278 g/mol. The lowest BCUT2D eigenvalue weighted by Gasteiger charge is -2.06. The van der Waals surface area contributed by atoms with E-state index in [1.54, 1.807) is 25.2 Å². The molecule has 110 valence electrons. The first-order chi connectivity index (χ1) is 10.6. The van der Waals surface area contributed by atoms with E-state index in [1.165, 1.54) is 0 Å². The number of hydrogen-bond donors (Lipinski definition) is 1. The van der Waals surface area contributed by atoms with Crippen LogP contribution in [0.5, 0.6) is 0 Å². The zero-order valence-corrected chi connectivity index (χ0v) is 12.3. The number of para-hydroxylation sites is 1. The largest absolute Gasteiger partial charge is 0.306 e. The molecule has 0 atom stereocenters. The molecule has 2 aromatic carbocycles. The third-order valence-electron chi connectivity index (χ3n) is 3.10. The average Bonchev–Trinajstić information content (AvgIpc) is 2.53. The quantitative estimate of drug-likeness (QED) is 0.595. The van der Waals surface area contributed by atoms with Gasteiger partial charge in [0.2, 0.25) is 0 Å². The van der Waals surface area contributed by atoms with Crippen LogP contribution in [0.2, 0.25) is 0 Å². The van der Waals surface area contributed by atoms with E-state index < -0.39 is 0 Å². The minimum absolute atomic E-state index is 0.167. The molecule has 1 heterocycles. The smallest absolute Gasteiger partial charge is 0.259 e. The van der Waals surface area contributed by atoms with Crippen molar-refractivity contribution in [2.75, 3.05) is 14.1 Å². The molecule has 1 N–H and O–H groups in total. The Morgan fingerprint density at radius 1 is 1.05 bits per heavy atom. The fourth-order valence-corrected chi connectivity index (χ4v) is 2.11. The SMILES string of the molecule is CN(C)N=Nc1ccccc1-c1nc2ccccc2c(=O)[nH]1. The Bertz CT molecular complexity index is 898. The van der Waals surface area contributed by atoms with Crippen molar-refractivity contribution in [1.82, 2.24) is 15.0 Å². The molecule has 0 aliphatic rings. The average molecular weight is 293 g/mol. The second-order valence-corrected chi connectivity index (χ2v) is 4.99. The van der Waals surface area contributed by atoms with Crippen LogP contribution in [-0.4, -0.2) is 29.1 Å². The van der Waals surface area contributed by atoms with Gasteiger partial charge in [0, 0.05) is 19.7 Å². The van der Waals surface area contributed by atoms with Gasteiger partial charge < -0.3 is 4.98 Å². The molecule has 0 aliphatic heterocycles. The van der Waals surface area contributed by atoms with Crippen LogP contribution in [0, 0.1) is 0 Å². The number of H-pyrrole nitrogens is 1. The minimum Gasteiger partial charge on any atom is -0.306 e. The monoisotopic (exact) mass is 293 g/mol. The number of aromatic amines is 1. The van der Waals surface area contributed by atoms with Crippen molar-refractivity contribution in [2.45, 2.75) is 0 Å². The number of rotatable bonds is 3. The maximum Gasteiger partial charge on any atom is 0.259 e. The van der Waals surface area contributed by atoms with Crippen LogP contribution in [-0.2, 0) is 0 Å². The molecule has 6 heteroatoms. The van der Waals surface area contributed by atoms with Crippen molar-refractivity contribution in [3.05, 3.63) is 58.9 Å². The third-order valence-corrected chi connectivity index (χ3v) is 3.10. The van der Waals surface area contributed by atoms with Crippen LogP contribution < -0.4 is 5.56 Å². The summed E-state index contributed by atoms with van der Waals surface area (Å²) in [5.74, 6) is 0.483. The predicted molar refractivity (Wildman–Crippen MR) is 86.0 cm³/mol. The van der Waals surface area contributed by atoms with E-state index in [0.29, 0.717) is 22.4 Å². The number of benzene rings is 2. The summed E-state index contributed by atoms with van der Waals surface area (Å²) in [6.07, 6.45) is 0. The van der Waals surface area contributed by atoms with Gasteiger partial charge in [-0.1, -0.05) is 29.5 Å². The summed E-state index contributed by atoms with van der Waals surface area (Å²) in [4.78, 5) is 19.5. The van der Waals surface area contributed by atoms with Gasteiger partial charge in [0.05, 0.1) is 16.6 Å². The van der Waals surface area contributed by atoms with Gasteiger partial charge in [0.25, 0.3) is 5.56 Å². The van der Waals surface area contributed by atoms with E-state index in [0.717, 1.165) is 5.56 Å². The standard InChI is InChI=1S/C16H15N5O/c1-21(2)20-19-14-10-6-3-7-11(14)15-17-13-9-5-4-8-12(13)16(22)18-15/h3-10H,1-2H3,(H,17,18,22). The third kappa shape index (κ3) is 2.71. The highest BCUT2D eigenvalue weighted by Crippen LogP contribution is 2.27. The second kappa shape index (κ2) is 5.77. The lowest BCUT2D eigenvalue weighted by atomic mass is 10.1. The lowest BCUT2D eigenvalue weighted by Crippen LogP contribution is -2.09. The highest BCUT2D eigenvalue weighted by atomic mass is 16.1. The van der Waals surface area contributed by atoms with Crippen molar-refractivity contribution in [3.8, 4) is 11.4 Å². The molecule has 1 aromatic heterocycles. The summed E-state index contributed by atoms with van der Waals surface area (Å²) in [6.45, 7) is 0. The van der Waals surface area contributed by atoms with E-state index in [1.807, 2.05) is 42.5 Å². The van der Waals surface area contributed by atoms with Crippen molar-refractivity contribution in [1.29, 1.82) is 0 Å². The number of hydrogen-bond acceptors (Lipinski definition) is 4. The zero-order valence-electron chi connectivity index (χ0n) is 12.3. The molecule has 0 saturated heterocycles. The fourth-order valence-electron chi connectivity index (χ4n) is 2.11. The van der Waals surface area contributed by atoms with Gasteiger partial charge in [-0.15, -0.1) is 5.11 Å². The first-order valence-electron chi connectivity index (χ1n) is 6.82. The molecule has 0 bridgehead atoms. The Kier molecular flexibility index (Phi) is 3.65. The molecule has 22 heavy (non-hydrogen) atoms. The van der Waals surface area contributed by atoms with Gasteiger partial charge >= 0.3 is 0 Å². The summed E-state index contributed by atoms with van der Waals surface area (Å²) in [5, 5.41) is 10.4. The molecular formula is C16H15N5O. The summed E-state index contributed by atoms with van der Waals surface area (Å²) < 4.78 is 0. The maximum atomic E-state index is 12.2. The normalized spacial score (nSPS) is 11.2. The molecule has 0 aliphatic carbocycles. The Balaban J connectivity index is 2.18. The van der Waals surface area contributed by atoms with E-state index in [2.05, 4.69) is 20.3 Å². The number of aromatic nitrogens is 2. The van der Waals surface area contributed by atoms with Crippen LogP contribution in [0.1, 0.15) is 0 Å². The first kappa shape index (κ1) is 13.9. The molecule has 0 fully saturated rings. The van der Waals surface area contributed by atoms with E-state index >= 15 is 0 Å². The summed E-state index contributed by atoms with van der Waals surface area (Å²) in [6, 6.07) is 14.7. The van der Waals surface area contributed by atoms with Crippen LogP contribution in [0.15, 0.2) is 63.7 Å². The summed E-state index contributed by atoms with van der Waals surface area (Å²) >= 11 is 0. The van der Waals surface area contributed by atoms with Crippen molar-refractivity contribution >= 4 is 16.6 Å². The first-order valence-corrected chi connectivity index (χ1v) is 6.82. The number of nitrogens with one attached hydrogen (secondary N) is 1.